The van der Waals surface area contributed by atoms with Gasteiger partial charge in [0.1, 0.15) is 5.82 Å². The van der Waals surface area contributed by atoms with Gasteiger partial charge in [0, 0.05) is 57.9 Å². The van der Waals surface area contributed by atoms with Gasteiger partial charge in [-0.3, -0.25) is 0 Å². The van der Waals surface area contributed by atoms with Crippen molar-refractivity contribution in [3.05, 3.63) is 30.7 Å². The molecule has 0 radical (unpaired) electrons. The molecule has 0 saturated carbocycles. The second-order valence-electron chi connectivity index (χ2n) is 6.91. The van der Waals surface area contributed by atoms with Gasteiger partial charge in [-0.2, -0.15) is 4.98 Å². The van der Waals surface area contributed by atoms with E-state index in [1.807, 2.05) is 24.1 Å². The van der Waals surface area contributed by atoms with Crippen molar-refractivity contribution in [1.29, 1.82) is 0 Å². The van der Waals surface area contributed by atoms with E-state index in [4.69, 9.17) is 0 Å². The number of rotatable bonds is 4. The molecule has 4 heterocycles. The molecule has 0 amide bonds. The first-order valence-corrected chi connectivity index (χ1v) is 10.9. The van der Waals surface area contributed by atoms with Crippen LogP contribution < -0.4 is 14.7 Å². The fourth-order valence-electron chi connectivity index (χ4n) is 3.52. The summed E-state index contributed by atoms with van der Waals surface area (Å²) in [4.78, 5) is 24.0. The van der Waals surface area contributed by atoms with Gasteiger partial charge in [0.2, 0.25) is 11.9 Å². The topological polar surface area (TPSA) is 95.4 Å². The molecule has 2 aliphatic rings. The van der Waals surface area contributed by atoms with E-state index in [1.54, 1.807) is 18.6 Å². The van der Waals surface area contributed by atoms with Gasteiger partial charge >= 0.3 is 0 Å². The Balaban J connectivity index is 1.43. The van der Waals surface area contributed by atoms with Crippen molar-refractivity contribution >= 4 is 27.6 Å². The molecular weight excluding hydrogens is 366 g/mol. The van der Waals surface area contributed by atoms with Gasteiger partial charge in [0.15, 0.2) is 9.84 Å². The maximum atomic E-state index is 11.8. The predicted octanol–water partition coefficient (Wildman–Crippen LogP) is 0.217. The summed E-state index contributed by atoms with van der Waals surface area (Å²) in [5.41, 5.74) is 0. The Morgan fingerprint density at radius 1 is 1.00 bits per heavy atom. The van der Waals surface area contributed by atoms with Crippen molar-refractivity contribution < 1.29 is 8.42 Å². The van der Waals surface area contributed by atoms with Crippen molar-refractivity contribution in [3.8, 4) is 0 Å². The number of anilines is 3. The zero-order valence-electron chi connectivity index (χ0n) is 15.3. The summed E-state index contributed by atoms with van der Waals surface area (Å²) in [6.07, 6.45) is 5.89. The van der Waals surface area contributed by atoms with Crippen molar-refractivity contribution in [2.24, 2.45) is 0 Å². The lowest BCUT2D eigenvalue weighted by Gasteiger charge is -2.35. The van der Waals surface area contributed by atoms with Crippen LogP contribution in [-0.2, 0) is 9.84 Å². The van der Waals surface area contributed by atoms with Crippen LogP contribution in [0.15, 0.2) is 30.7 Å². The number of hydrogen-bond acceptors (Lipinski definition) is 9. The van der Waals surface area contributed by atoms with Crippen LogP contribution in [0.4, 0.5) is 17.7 Å². The van der Waals surface area contributed by atoms with E-state index in [1.165, 1.54) is 0 Å². The quantitative estimate of drug-likeness (QED) is 0.727. The van der Waals surface area contributed by atoms with Crippen molar-refractivity contribution in [3.63, 3.8) is 0 Å². The molecule has 27 heavy (non-hydrogen) atoms. The SMILES string of the molecule is CN(c1ccnc(N2CCN(c3ncccn3)CC2)n1)C1CCS(=O)(=O)C1. The highest BCUT2D eigenvalue weighted by Gasteiger charge is 2.31. The monoisotopic (exact) mass is 389 g/mol. The van der Waals surface area contributed by atoms with E-state index in [-0.39, 0.29) is 17.5 Å². The second-order valence-corrected chi connectivity index (χ2v) is 9.13. The summed E-state index contributed by atoms with van der Waals surface area (Å²) in [5.74, 6) is 2.63. The van der Waals surface area contributed by atoms with E-state index >= 15 is 0 Å². The molecule has 2 fully saturated rings. The number of sulfone groups is 1. The van der Waals surface area contributed by atoms with E-state index in [0.29, 0.717) is 12.4 Å². The lowest BCUT2D eigenvalue weighted by molar-refractivity contribution is 0.600. The van der Waals surface area contributed by atoms with Crippen LogP contribution in [0.2, 0.25) is 0 Å². The molecule has 1 unspecified atom stereocenters. The van der Waals surface area contributed by atoms with E-state index in [2.05, 4.69) is 29.7 Å². The molecule has 1 atom stereocenters. The van der Waals surface area contributed by atoms with Gasteiger partial charge < -0.3 is 14.7 Å². The highest BCUT2D eigenvalue weighted by molar-refractivity contribution is 7.91. The normalized spacial score (nSPS) is 22.0. The first kappa shape index (κ1) is 17.9. The molecule has 10 heteroatoms. The highest BCUT2D eigenvalue weighted by Crippen LogP contribution is 2.23. The third-order valence-electron chi connectivity index (χ3n) is 5.14. The van der Waals surface area contributed by atoms with Crippen molar-refractivity contribution in [1.82, 2.24) is 19.9 Å². The maximum Gasteiger partial charge on any atom is 0.227 e. The fourth-order valence-corrected chi connectivity index (χ4v) is 5.29. The largest absolute Gasteiger partial charge is 0.355 e. The standard InChI is InChI=1S/C17H23N7O2S/c1-22(14-4-12-27(25,26)13-14)15-3-7-20-17(21-15)24-10-8-23(9-11-24)16-18-5-2-6-19-16/h2-3,5-7,14H,4,8-13H2,1H3. The summed E-state index contributed by atoms with van der Waals surface area (Å²) < 4.78 is 23.5. The molecule has 144 valence electrons. The minimum Gasteiger partial charge on any atom is -0.355 e. The Labute approximate surface area is 159 Å². The average molecular weight is 389 g/mol. The Hall–Kier alpha value is -2.49. The average Bonchev–Trinajstić information content (AvgIpc) is 3.08. The first-order chi connectivity index (χ1) is 13.0. The predicted molar refractivity (Wildman–Crippen MR) is 104 cm³/mol. The molecule has 4 rings (SSSR count). The zero-order valence-corrected chi connectivity index (χ0v) is 16.1. The number of nitrogens with zero attached hydrogens (tertiary/aromatic N) is 7. The Kier molecular flexibility index (Phi) is 4.81. The van der Waals surface area contributed by atoms with Crippen LogP contribution >= 0.6 is 0 Å². The minimum absolute atomic E-state index is 0.0233. The minimum atomic E-state index is -2.92. The van der Waals surface area contributed by atoms with Crippen LogP contribution in [0.3, 0.4) is 0 Å². The molecule has 2 saturated heterocycles. The highest BCUT2D eigenvalue weighted by atomic mass is 32.2. The lowest BCUT2D eigenvalue weighted by atomic mass is 10.2. The molecule has 2 aromatic rings. The molecule has 0 N–H and O–H groups in total. The van der Waals surface area contributed by atoms with Crippen LogP contribution in [-0.4, -0.2) is 79.1 Å². The summed E-state index contributed by atoms with van der Waals surface area (Å²) in [6, 6.07) is 3.62. The third-order valence-corrected chi connectivity index (χ3v) is 6.89. The van der Waals surface area contributed by atoms with Gasteiger partial charge in [-0.15, -0.1) is 0 Å². The van der Waals surface area contributed by atoms with E-state index < -0.39 is 9.84 Å². The Morgan fingerprint density at radius 3 is 2.26 bits per heavy atom. The molecule has 0 aliphatic carbocycles. The fraction of sp³-hybridized carbons (Fsp3) is 0.529. The molecule has 9 nitrogen and oxygen atoms in total. The number of piperazine rings is 1. The van der Waals surface area contributed by atoms with E-state index in [9.17, 15) is 8.42 Å². The van der Waals surface area contributed by atoms with Gasteiger partial charge in [-0.25, -0.2) is 23.4 Å². The van der Waals surface area contributed by atoms with Crippen LogP contribution in [0.5, 0.6) is 0 Å². The molecule has 0 aromatic carbocycles. The third kappa shape index (κ3) is 3.95. The zero-order chi connectivity index (χ0) is 18.9. The van der Waals surface area contributed by atoms with E-state index in [0.717, 1.165) is 37.9 Å². The summed E-state index contributed by atoms with van der Waals surface area (Å²) in [5, 5.41) is 0. The maximum absolute atomic E-state index is 11.8. The molecular formula is C17H23N7O2S. The van der Waals surface area contributed by atoms with Gasteiger partial charge in [-0.05, 0) is 18.6 Å². The first-order valence-electron chi connectivity index (χ1n) is 9.05. The Morgan fingerprint density at radius 2 is 1.63 bits per heavy atom. The van der Waals surface area contributed by atoms with Gasteiger partial charge in [-0.1, -0.05) is 0 Å². The molecule has 2 aliphatic heterocycles. The summed E-state index contributed by atoms with van der Waals surface area (Å²) in [6.45, 7) is 3.16. The molecule has 0 bridgehead atoms. The van der Waals surface area contributed by atoms with Crippen molar-refractivity contribution in [2.75, 3.05) is 59.4 Å². The molecule has 0 spiro atoms. The van der Waals surface area contributed by atoms with Crippen LogP contribution in [0.25, 0.3) is 0 Å². The second kappa shape index (κ2) is 7.26. The van der Waals surface area contributed by atoms with Crippen LogP contribution in [0, 0.1) is 0 Å². The smallest absolute Gasteiger partial charge is 0.227 e. The summed E-state index contributed by atoms with van der Waals surface area (Å²) >= 11 is 0. The Bertz CT molecular complexity index is 885. The number of hydrogen-bond donors (Lipinski definition) is 0. The van der Waals surface area contributed by atoms with Gasteiger partial charge in [0.25, 0.3) is 0 Å². The van der Waals surface area contributed by atoms with Crippen LogP contribution in [0.1, 0.15) is 6.42 Å². The van der Waals surface area contributed by atoms with Crippen molar-refractivity contribution in [2.45, 2.75) is 12.5 Å². The lowest BCUT2D eigenvalue weighted by Crippen LogP contribution is -2.47. The van der Waals surface area contributed by atoms with Gasteiger partial charge in [0.05, 0.1) is 11.5 Å². The number of aromatic nitrogens is 4. The summed E-state index contributed by atoms with van der Waals surface area (Å²) in [7, 11) is -1.02. The molecule has 2 aromatic heterocycles.